The number of nitrogens with zero attached hydrogens (tertiary/aromatic N) is 2. The van der Waals surface area contributed by atoms with Crippen LogP contribution in [0.3, 0.4) is 0 Å². The van der Waals surface area contributed by atoms with Crippen LogP contribution in [0.4, 0.5) is 0 Å². The average Bonchev–Trinajstić information content (AvgIpc) is 3.18. The summed E-state index contributed by atoms with van der Waals surface area (Å²) in [6.45, 7) is 2.92. The first-order valence-electron chi connectivity index (χ1n) is 13.0. The van der Waals surface area contributed by atoms with Gasteiger partial charge in [-0.1, -0.05) is 55.8 Å². The Bertz CT molecular complexity index is 1390. The van der Waals surface area contributed by atoms with Gasteiger partial charge in [0.25, 0.3) is 5.91 Å². The molecule has 3 N–H and O–H groups in total. The summed E-state index contributed by atoms with van der Waals surface area (Å²) in [5.74, 6) is 0.639. The highest BCUT2D eigenvalue weighted by Crippen LogP contribution is 2.51. The van der Waals surface area contributed by atoms with Crippen molar-refractivity contribution in [2.24, 2.45) is 10.9 Å². The monoisotopic (exact) mass is 480 g/mol. The third kappa shape index (κ3) is 3.63. The highest BCUT2D eigenvalue weighted by atomic mass is 16.3. The van der Waals surface area contributed by atoms with Crippen molar-refractivity contribution in [1.29, 1.82) is 5.41 Å². The fourth-order valence-corrected chi connectivity index (χ4v) is 5.98. The second-order valence-corrected chi connectivity index (χ2v) is 10.5. The number of hydrogen-bond donors (Lipinski definition) is 3. The maximum Gasteiger partial charge on any atom is 0.256 e. The SMILES string of the molecule is CCC1CC=C(c2ccc(C3(c4c[nH]c5c(C(=O)N6CC(O)C6)cccc45)CCC3)cc2)C=NC1=N. The number of aromatic amines is 1. The maximum atomic E-state index is 13.0. The predicted octanol–water partition coefficient (Wildman–Crippen LogP) is 5.32. The van der Waals surface area contributed by atoms with Crippen molar-refractivity contribution in [3.63, 3.8) is 0 Å². The zero-order valence-corrected chi connectivity index (χ0v) is 20.6. The van der Waals surface area contributed by atoms with E-state index < -0.39 is 6.10 Å². The second-order valence-electron chi connectivity index (χ2n) is 10.5. The number of carbonyl (C=O) groups is 1. The number of aromatic nitrogens is 1. The van der Waals surface area contributed by atoms with Crippen molar-refractivity contribution in [2.75, 3.05) is 13.1 Å². The van der Waals surface area contributed by atoms with Gasteiger partial charge in [-0.05, 0) is 54.0 Å². The van der Waals surface area contributed by atoms with Crippen LogP contribution in [0.5, 0.6) is 0 Å². The molecule has 1 aliphatic carbocycles. The van der Waals surface area contributed by atoms with E-state index in [0.29, 0.717) is 24.5 Å². The maximum absolute atomic E-state index is 13.0. The minimum atomic E-state index is -0.408. The van der Waals surface area contributed by atoms with Crippen LogP contribution in [0, 0.1) is 11.3 Å². The van der Waals surface area contributed by atoms with Crippen molar-refractivity contribution in [1.82, 2.24) is 9.88 Å². The molecule has 6 heteroatoms. The summed E-state index contributed by atoms with van der Waals surface area (Å²) in [5.41, 5.74) is 6.25. The lowest BCUT2D eigenvalue weighted by Crippen LogP contribution is -2.53. The van der Waals surface area contributed by atoms with Crippen LogP contribution in [-0.2, 0) is 5.41 Å². The van der Waals surface area contributed by atoms with Crippen molar-refractivity contribution >= 4 is 34.4 Å². The summed E-state index contributed by atoms with van der Waals surface area (Å²) in [6.07, 6.45) is 10.8. The Balaban J connectivity index is 1.32. The number of amidine groups is 1. The number of aliphatic hydroxyl groups is 1. The van der Waals surface area contributed by atoms with Crippen LogP contribution in [0.15, 0.2) is 59.7 Å². The first-order valence-corrected chi connectivity index (χ1v) is 13.0. The number of carbonyl (C=O) groups excluding carboxylic acids is 1. The fraction of sp³-hybridized carbons (Fsp3) is 0.367. The zero-order valence-electron chi connectivity index (χ0n) is 20.6. The van der Waals surface area contributed by atoms with Gasteiger partial charge in [0.1, 0.15) is 5.84 Å². The van der Waals surface area contributed by atoms with Gasteiger partial charge >= 0.3 is 0 Å². The molecule has 0 bridgehead atoms. The molecule has 1 saturated heterocycles. The Labute approximate surface area is 211 Å². The fourth-order valence-electron chi connectivity index (χ4n) is 5.98. The number of hydrogen-bond acceptors (Lipinski definition) is 3. The lowest BCUT2D eigenvalue weighted by atomic mass is 9.60. The van der Waals surface area contributed by atoms with Gasteiger partial charge in [-0.3, -0.25) is 10.2 Å². The van der Waals surface area contributed by atoms with Gasteiger partial charge in [-0.15, -0.1) is 0 Å². The van der Waals surface area contributed by atoms with E-state index >= 15 is 0 Å². The third-order valence-corrected chi connectivity index (χ3v) is 8.43. The number of rotatable bonds is 5. The number of allylic oxidation sites excluding steroid dienone is 2. The van der Waals surface area contributed by atoms with Crippen LogP contribution >= 0.6 is 0 Å². The van der Waals surface area contributed by atoms with Crippen LogP contribution in [0.25, 0.3) is 16.5 Å². The van der Waals surface area contributed by atoms with Crippen LogP contribution in [-0.4, -0.2) is 52.1 Å². The Hall–Kier alpha value is -3.51. The van der Waals surface area contributed by atoms with E-state index in [1.54, 1.807) is 4.90 Å². The zero-order chi connectivity index (χ0) is 24.9. The van der Waals surface area contributed by atoms with Crippen LogP contribution in [0.1, 0.15) is 66.1 Å². The van der Waals surface area contributed by atoms with E-state index in [-0.39, 0.29) is 17.2 Å². The number of amides is 1. The molecule has 2 aromatic carbocycles. The molecule has 3 heterocycles. The van der Waals surface area contributed by atoms with Gasteiger partial charge in [0.2, 0.25) is 0 Å². The Kier molecular flexibility index (Phi) is 5.64. The molecule has 2 fully saturated rings. The number of benzene rings is 2. The minimum absolute atomic E-state index is 0.0250. The first kappa shape index (κ1) is 22.9. The molecular formula is C30H32N4O2. The largest absolute Gasteiger partial charge is 0.389 e. The first-order chi connectivity index (χ1) is 17.5. The van der Waals surface area contributed by atoms with Gasteiger partial charge in [-0.25, -0.2) is 4.99 Å². The van der Waals surface area contributed by atoms with Crippen molar-refractivity contribution in [2.45, 2.75) is 50.5 Å². The summed E-state index contributed by atoms with van der Waals surface area (Å²) < 4.78 is 0. The molecule has 3 aromatic rings. The molecule has 1 atom stereocenters. The number of aliphatic hydroxyl groups excluding tert-OH is 1. The standard InChI is InChI=1S/C30H32N4O2/c1-2-19-7-8-21(15-33-28(19)31)20-9-11-22(12-10-20)30(13-4-14-30)26-16-32-27-24(26)5-3-6-25(27)29(36)34-17-23(35)18-34/h3,5-6,8-12,15-16,19,23,31-32,35H,2,4,7,13-14,17-18H2,1H3. The van der Waals surface area contributed by atoms with Gasteiger partial charge < -0.3 is 15.0 Å². The van der Waals surface area contributed by atoms with E-state index in [1.165, 1.54) is 17.5 Å². The smallest absolute Gasteiger partial charge is 0.256 e. The second kappa shape index (κ2) is 8.86. The Morgan fingerprint density at radius 3 is 2.64 bits per heavy atom. The van der Waals surface area contributed by atoms with Crippen molar-refractivity contribution in [3.8, 4) is 0 Å². The van der Waals surface area contributed by atoms with E-state index in [4.69, 9.17) is 5.41 Å². The number of para-hydroxylation sites is 1. The van der Waals surface area contributed by atoms with E-state index in [1.807, 2.05) is 18.3 Å². The number of aliphatic imine (C=N–C) groups is 1. The van der Waals surface area contributed by atoms with Crippen LogP contribution < -0.4 is 0 Å². The van der Waals surface area contributed by atoms with Crippen LogP contribution in [0.2, 0.25) is 0 Å². The molecule has 3 aliphatic rings. The number of nitrogens with one attached hydrogen (secondary N) is 2. The summed E-state index contributed by atoms with van der Waals surface area (Å²) in [6, 6.07) is 14.8. The number of β-amino-alcohol motifs (C(OH)–C–C–N with tert-alkyl or cyclic N) is 1. The molecule has 2 aliphatic heterocycles. The molecule has 1 unspecified atom stereocenters. The normalized spacial score (nSPS) is 21.6. The molecule has 0 radical (unpaired) electrons. The number of fused-ring (bicyclic) bond motifs is 1. The topological polar surface area (TPSA) is 92.5 Å². The summed E-state index contributed by atoms with van der Waals surface area (Å²) >= 11 is 0. The van der Waals surface area contributed by atoms with E-state index in [9.17, 15) is 9.90 Å². The number of likely N-dealkylation sites (tertiary alicyclic amines) is 1. The average molecular weight is 481 g/mol. The lowest BCUT2D eigenvalue weighted by molar-refractivity contribution is 0.00601. The Morgan fingerprint density at radius 2 is 1.97 bits per heavy atom. The molecule has 184 valence electrons. The molecule has 1 amide bonds. The lowest BCUT2D eigenvalue weighted by Gasteiger charge is -2.43. The minimum Gasteiger partial charge on any atom is -0.389 e. The summed E-state index contributed by atoms with van der Waals surface area (Å²) in [7, 11) is 0. The number of H-pyrrole nitrogens is 1. The molecule has 1 saturated carbocycles. The van der Waals surface area contributed by atoms with Gasteiger partial charge in [-0.2, -0.15) is 0 Å². The van der Waals surface area contributed by atoms with Gasteiger partial charge in [0.05, 0.1) is 17.2 Å². The van der Waals surface area contributed by atoms with E-state index in [0.717, 1.165) is 47.7 Å². The molecule has 36 heavy (non-hydrogen) atoms. The molecule has 1 aromatic heterocycles. The molecule has 6 rings (SSSR count). The molecule has 0 spiro atoms. The van der Waals surface area contributed by atoms with Crippen molar-refractivity contribution in [3.05, 3.63) is 77.0 Å². The molecular weight excluding hydrogens is 448 g/mol. The van der Waals surface area contributed by atoms with Gasteiger partial charge in [0.15, 0.2) is 0 Å². The summed E-state index contributed by atoms with van der Waals surface area (Å²) in [4.78, 5) is 22.6. The quantitative estimate of drug-likeness (QED) is 0.461. The highest BCUT2D eigenvalue weighted by molar-refractivity contribution is 6.14. The highest BCUT2D eigenvalue weighted by Gasteiger charge is 2.42. The summed E-state index contributed by atoms with van der Waals surface area (Å²) in [5, 5.41) is 18.9. The third-order valence-electron chi connectivity index (χ3n) is 8.43. The van der Waals surface area contributed by atoms with E-state index in [2.05, 4.69) is 59.5 Å². The van der Waals surface area contributed by atoms with Gasteiger partial charge in [0, 0.05) is 42.2 Å². The Morgan fingerprint density at radius 1 is 1.19 bits per heavy atom. The molecule has 6 nitrogen and oxygen atoms in total. The van der Waals surface area contributed by atoms with Crippen molar-refractivity contribution < 1.29 is 9.90 Å². The predicted molar refractivity (Wildman–Crippen MR) is 144 cm³/mol.